The molecule has 0 radical (unpaired) electrons. The summed E-state index contributed by atoms with van der Waals surface area (Å²) in [5, 5.41) is 11.8. The predicted octanol–water partition coefficient (Wildman–Crippen LogP) is 5.26. The average Bonchev–Trinajstić information content (AvgIpc) is 3.33. The molecule has 0 saturated carbocycles. The number of rotatable bonds is 5. The number of nitrogens with one attached hydrogen (secondary N) is 2. The van der Waals surface area contributed by atoms with Crippen molar-refractivity contribution in [2.45, 2.75) is 32.2 Å². The maximum Gasteiger partial charge on any atom is 0.341 e. The fourth-order valence-electron chi connectivity index (χ4n) is 3.60. The van der Waals surface area contributed by atoms with Crippen LogP contribution in [0.5, 0.6) is 0 Å². The quantitative estimate of drug-likeness (QED) is 0.385. The van der Waals surface area contributed by atoms with Gasteiger partial charge in [0.2, 0.25) is 0 Å². The normalized spacial score (nSPS) is 12.9. The summed E-state index contributed by atoms with van der Waals surface area (Å²) in [6, 6.07) is 4.57. The van der Waals surface area contributed by atoms with Gasteiger partial charge < -0.3 is 15.4 Å². The van der Waals surface area contributed by atoms with Crippen LogP contribution in [-0.2, 0) is 24.1 Å². The molecular weight excluding hydrogens is 459 g/mol. The van der Waals surface area contributed by atoms with Crippen molar-refractivity contribution < 1.29 is 13.9 Å². The average molecular weight is 479 g/mol. The molecule has 0 fully saturated rings. The molecule has 31 heavy (non-hydrogen) atoms. The number of benzene rings is 1. The lowest BCUT2D eigenvalue weighted by Gasteiger charge is -2.12. The minimum absolute atomic E-state index is 0.192. The Morgan fingerprint density at radius 2 is 2.16 bits per heavy atom. The topological polar surface area (TPSA) is 68.2 Å². The minimum Gasteiger partial charge on any atom is -0.465 e. The molecule has 1 aliphatic rings. The SMILES string of the molecule is COC(=O)c1c(NC(=S)Nc2cnn(Cc3c(F)cccc3Cl)c2)sc2c1CCCC2. The molecule has 3 aromatic rings. The van der Waals surface area contributed by atoms with E-state index in [-0.39, 0.29) is 18.3 Å². The van der Waals surface area contributed by atoms with Gasteiger partial charge in [-0.1, -0.05) is 17.7 Å². The van der Waals surface area contributed by atoms with E-state index in [1.54, 1.807) is 29.2 Å². The molecular formula is C21H20ClFN4O2S2. The van der Waals surface area contributed by atoms with Crippen LogP contribution in [-0.4, -0.2) is 28.0 Å². The first-order valence-corrected chi connectivity index (χ1v) is 11.3. The number of anilines is 2. The monoisotopic (exact) mass is 478 g/mol. The van der Waals surface area contributed by atoms with Gasteiger partial charge in [0, 0.05) is 21.7 Å². The molecule has 0 amide bonds. The number of esters is 1. The van der Waals surface area contributed by atoms with E-state index in [2.05, 4.69) is 15.7 Å². The fraction of sp³-hybridized carbons (Fsp3) is 0.286. The predicted molar refractivity (Wildman–Crippen MR) is 125 cm³/mol. The van der Waals surface area contributed by atoms with Crippen LogP contribution in [0.2, 0.25) is 5.02 Å². The van der Waals surface area contributed by atoms with Crippen LogP contribution in [0, 0.1) is 5.82 Å². The van der Waals surface area contributed by atoms with Gasteiger partial charge in [0.15, 0.2) is 5.11 Å². The van der Waals surface area contributed by atoms with Crippen LogP contribution in [0.15, 0.2) is 30.6 Å². The Balaban J connectivity index is 1.47. The molecule has 2 N–H and O–H groups in total. The number of methoxy groups -OCH3 is 1. The number of nitrogens with zero attached hydrogens (tertiary/aromatic N) is 2. The molecule has 2 aromatic heterocycles. The smallest absolute Gasteiger partial charge is 0.341 e. The second kappa shape index (κ2) is 9.33. The van der Waals surface area contributed by atoms with Gasteiger partial charge in [-0.3, -0.25) is 4.68 Å². The zero-order chi connectivity index (χ0) is 22.0. The Morgan fingerprint density at radius 1 is 1.35 bits per heavy atom. The van der Waals surface area contributed by atoms with Crippen molar-refractivity contribution in [2.75, 3.05) is 17.7 Å². The lowest BCUT2D eigenvalue weighted by molar-refractivity contribution is 0.0601. The van der Waals surface area contributed by atoms with Gasteiger partial charge in [-0.15, -0.1) is 11.3 Å². The second-order valence-corrected chi connectivity index (χ2v) is 9.03. The Kier molecular flexibility index (Phi) is 6.54. The molecule has 0 saturated heterocycles. The van der Waals surface area contributed by atoms with Crippen molar-refractivity contribution >= 4 is 56.9 Å². The number of halogens is 2. The van der Waals surface area contributed by atoms with Gasteiger partial charge in [0.1, 0.15) is 10.8 Å². The number of thiocarbonyl (C=S) groups is 1. The molecule has 1 aromatic carbocycles. The Bertz CT molecular complexity index is 1120. The highest BCUT2D eigenvalue weighted by molar-refractivity contribution is 7.80. The molecule has 0 bridgehead atoms. The van der Waals surface area contributed by atoms with Gasteiger partial charge in [0.25, 0.3) is 0 Å². The highest BCUT2D eigenvalue weighted by atomic mass is 35.5. The third-order valence-electron chi connectivity index (χ3n) is 5.06. The summed E-state index contributed by atoms with van der Waals surface area (Å²) >= 11 is 13.1. The van der Waals surface area contributed by atoms with E-state index in [1.165, 1.54) is 29.4 Å². The Morgan fingerprint density at radius 3 is 2.94 bits per heavy atom. The summed E-state index contributed by atoms with van der Waals surface area (Å²) in [5.74, 6) is -0.744. The molecule has 6 nitrogen and oxygen atoms in total. The Labute approximate surface area is 193 Å². The maximum atomic E-state index is 14.0. The summed E-state index contributed by atoms with van der Waals surface area (Å²) < 4.78 is 20.6. The maximum absolute atomic E-state index is 14.0. The number of fused-ring (bicyclic) bond motifs is 1. The number of carbonyl (C=O) groups excluding carboxylic acids is 1. The van der Waals surface area contributed by atoms with Crippen molar-refractivity contribution in [1.29, 1.82) is 0 Å². The number of carbonyl (C=O) groups is 1. The van der Waals surface area contributed by atoms with Crippen molar-refractivity contribution in [3.05, 3.63) is 63.0 Å². The first kappa shape index (κ1) is 21.7. The third kappa shape index (κ3) is 4.73. The molecule has 162 valence electrons. The Hall–Kier alpha value is -2.49. The second-order valence-electron chi connectivity index (χ2n) is 7.11. The molecule has 4 rings (SSSR count). The highest BCUT2D eigenvalue weighted by Gasteiger charge is 2.26. The van der Waals surface area contributed by atoms with Crippen LogP contribution in [0.4, 0.5) is 15.1 Å². The molecule has 0 unspecified atom stereocenters. The number of aromatic nitrogens is 2. The van der Waals surface area contributed by atoms with Crippen LogP contribution >= 0.6 is 35.2 Å². The van der Waals surface area contributed by atoms with E-state index in [1.807, 2.05) is 0 Å². The first-order valence-electron chi connectivity index (χ1n) is 9.72. The molecule has 0 aliphatic heterocycles. The molecule has 10 heteroatoms. The van der Waals surface area contributed by atoms with Crippen molar-refractivity contribution in [3.8, 4) is 0 Å². The van der Waals surface area contributed by atoms with E-state index in [0.717, 1.165) is 31.2 Å². The lowest BCUT2D eigenvalue weighted by Crippen LogP contribution is -2.20. The van der Waals surface area contributed by atoms with Crippen LogP contribution < -0.4 is 10.6 Å². The van der Waals surface area contributed by atoms with Crippen LogP contribution in [0.25, 0.3) is 0 Å². The van der Waals surface area contributed by atoms with Gasteiger partial charge in [-0.25, -0.2) is 9.18 Å². The number of aryl methyl sites for hydroxylation is 1. The molecule has 0 atom stereocenters. The van der Waals surface area contributed by atoms with Crippen molar-refractivity contribution in [1.82, 2.24) is 9.78 Å². The van der Waals surface area contributed by atoms with Crippen molar-refractivity contribution in [3.63, 3.8) is 0 Å². The van der Waals surface area contributed by atoms with Crippen LogP contribution in [0.3, 0.4) is 0 Å². The van der Waals surface area contributed by atoms with Gasteiger partial charge in [-0.2, -0.15) is 5.10 Å². The van der Waals surface area contributed by atoms with E-state index in [4.69, 9.17) is 28.6 Å². The van der Waals surface area contributed by atoms with Gasteiger partial charge in [0.05, 0.1) is 31.1 Å². The minimum atomic E-state index is -0.383. The zero-order valence-corrected chi connectivity index (χ0v) is 19.1. The van der Waals surface area contributed by atoms with E-state index >= 15 is 0 Å². The number of hydrogen-bond donors (Lipinski definition) is 2. The lowest BCUT2D eigenvalue weighted by atomic mass is 9.95. The number of hydrogen-bond acceptors (Lipinski definition) is 5. The standard InChI is InChI=1S/C21H20ClFN4O2S2/c1-29-20(28)18-13-5-2-3-8-17(13)31-19(18)26-21(30)25-12-9-24-27(10-12)11-14-15(22)6-4-7-16(14)23/h4,6-7,9-10H,2-3,5,8,11H2,1H3,(H2,25,26,30). The zero-order valence-electron chi connectivity index (χ0n) is 16.7. The number of ether oxygens (including phenoxy) is 1. The summed E-state index contributed by atoms with van der Waals surface area (Å²) in [6.07, 6.45) is 7.28. The van der Waals surface area contributed by atoms with Gasteiger partial charge in [-0.05, 0) is 55.6 Å². The van der Waals surface area contributed by atoms with Gasteiger partial charge >= 0.3 is 5.97 Å². The number of thiophene rings is 1. The van der Waals surface area contributed by atoms with E-state index in [9.17, 15) is 9.18 Å². The molecule has 1 aliphatic carbocycles. The summed E-state index contributed by atoms with van der Waals surface area (Å²) in [7, 11) is 1.38. The van der Waals surface area contributed by atoms with Crippen LogP contribution in [0.1, 0.15) is 39.2 Å². The molecule has 2 heterocycles. The molecule has 0 spiro atoms. The summed E-state index contributed by atoms with van der Waals surface area (Å²) in [5.41, 5.74) is 2.62. The van der Waals surface area contributed by atoms with Crippen molar-refractivity contribution in [2.24, 2.45) is 0 Å². The van der Waals surface area contributed by atoms with E-state index in [0.29, 0.717) is 32.0 Å². The first-order chi connectivity index (χ1) is 15.0. The largest absolute Gasteiger partial charge is 0.465 e. The summed E-state index contributed by atoms with van der Waals surface area (Å²) in [6.45, 7) is 0.192. The summed E-state index contributed by atoms with van der Waals surface area (Å²) in [4.78, 5) is 13.6. The fourth-order valence-corrected chi connectivity index (χ4v) is 5.39. The van der Waals surface area contributed by atoms with E-state index < -0.39 is 0 Å². The highest BCUT2D eigenvalue weighted by Crippen LogP contribution is 2.38. The third-order valence-corrected chi connectivity index (χ3v) is 6.83.